The summed E-state index contributed by atoms with van der Waals surface area (Å²) in [6, 6.07) is 9.86. The van der Waals surface area contributed by atoms with Gasteiger partial charge in [-0.15, -0.1) is 0 Å². The second-order valence-electron chi connectivity index (χ2n) is 10.3. The lowest BCUT2D eigenvalue weighted by Gasteiger charge is -2.25. The standard InChI is InChI=1S/C31H28Cl2N2O13/c32-19-8-17-24(10-22(19)36)48-25-11-23(37)20(33)9-18(25)31(17)16-1-2-21(35(14-29(42)43)15-30(44)45)26(7-16)47-6-5-46-4-3-34(12-27(38)39)13-28(40)41/h1-2,7-11,36H,3-6,12-15H2,(H,38,39)(H,40,41)(H,42,43)(H,44,45). The number of aliphatic carboxylic acids is 4. The van der Waals surface area contributed by atoms with Gasteiger partial charge in [-0.05, 0) is 29.8 Å². The highest BCUT2D eigenvalue weighted by Crippen LogP contribution is 2.45. The zero-order valence-corrected chi connectivity index (χ0v) is 26.4. The minimum atomic E-state index is -1.30. The lowest BCUT2D eigenvalue weighted by Crippen LogP contribution is -2.37. The summed E-state index contributed by atoms with van der Waals surface area (Å²) >= 11 is 12.4. The second kappa shape index (κ2) is 15.7. The molecule has 17 heteroatoms. The van der Waals surface area contributed by atoms with Crippen LogP contribution in [0.5, 0.6) is 11.5 Å². The smallest absolute Gasteiger partial charge is 0.323 e. The third kappa shape index (κ3) is 9.04. The van der Waals surface area contributed by atoms with E-state index in [1.807, 2.05) is 0 Å². The maximum absolute atomic E-state index is 12.4. The van der Waals surface area contributed by atoms with E-state index in [1.165, 1.54) is 36.4 Å². The summed E-state index contributed by atoms with van der Waals surface area (Å²) in [6.45, 7) is -2.64. The van der Waals surface area contributed by atoms with Crippen LogP contribution in [-0.4, -0.2) is 107 Å². The van der Waals surface area contributed by atoms with Gasteiger partial charge < -0.3 is 44.3 Å². The van der Waals surface area contributed by atoms with Crippen molar-refractivity contribution in [2.24, 2.45) is 0 Å². The van der Waals surface area contributed by atoms with Gasteiger partial charge in [-0.3, -0.25) is 28.9 Å². The third-order valence-corrected chi connectivity index (χ3v) is 7.44. The van der Waals surface area contributed by atoms with Crippen molar-refractivity contribution < 1.29 is 58.6 Å². The number of carbonyl (C=O) groups is 4. The fourth-order valence-corrected chi connectivity index (χ4v) is 5.24. The summed E-state index contributed by atoms with van der Waals surface area (Å²) in [6.07, 6.45) is 0. The van der Waals surface area contributed by atoms with Crippen LogP contribution in [0.4, 0.5) is 5.69 Å². The number of hydrogen-bond acceptors (Lipinski definition) is 11. The van der Waals surface area contributed by atoms with Crippen molar-refractivity contribution in [1.29, 1.82) is 0 Å². The number of carboxylic acid groups (broad SMARTS) is 4. The van der Waals surface area contributed by atoms with Crippen LogP contribution in [0.1, 0.15) is 0 Å². The topological polar surface area (TPSA) is 225 Å². The fraction of sp³-hybridized carbons (Fsp3) is 0.258. The first-order valence-electron chi connectivity index (χ1n) is 14.0. The van der Waals surface area contributed by atoms with Gasteiger partial charge in [0.15, 0.2) is 0 Å². The van der Waals surface area contributed by atoms with Crippen molar-refractivity contribution in [3.63, 3.8) is 0 Å². The van der Waals surface area contributed by atoms with Crippen molar-refractivity contribution in [1.82, 2.24) is 4.90 Å². The van der Waals surface area contributed by atoms with Crippen LogP contribution in [0, 0.1) is 0 Å². The molecule has 1 aliphatic carbocycles. The number of phenolic OH excluding ortho intramolecular Hbond substituents is 1. The highest BCUT2D eigenvalue weighted by Gasteiger charge is 2.24. The van der Waals surface area contributed by atoms with E-state index >= 15 is 0 Å². The molecule has 2 aromatic carbocycles. The van der Waals surface area contributed by atoms with E-state index < -0.39 is 55.5 Å². The van der Waals surface area contributed by atoms with Crippen molar-refractivity contribution in [3.05, 3.63) is 62.7 Å². The lowest BCUT2D eigenvalue weighted by atomic mass is 9.93. The monoisotopic (exact) mass is 706 g/mol. The molecule has 0 atom stereocenters. The number of benzene rings is 3. The van der Waals surface area contributed by atoms with E-state index in [0.29, 0.717) is 22.1 Å². The molecule has 1 aliphatic heterocycles. The number of phenols is 1. The Morgan fingerprint density at radius 1 is 0.771 bits per heavy atom. The van der Waals surface area contributed by atoms with Gasteiger partial charge in [0, 0.05) is 35.2 Å². The molecule has 4 rings (SSSR count). The van der Waals surface area contributed by atoms with Crippen molar-refractivity contribution >= 4 is 63.7 Å². The molecule has 0 radical (unpaired) electrons. The van der Waals surface area contributed by atoms with Gasteiger partial charge in [0.25, 0.3) is 0 Å². The first kappa shape index (κ1) is 35.8. The molecule has 2 aliphatic rings. The molecule has 5 N–H and O–H groups in total. The van der Waals surface area contributed by atoms with E-state index in [2.05, 4.69) is 0 Å². The fourth-order valence-electron chi connectivity index (χ4n) is 4.91. The Morgan fingerprint density at radius 3 is 2.04 bits per heavy atom. The van der Waals surface area contributed by atoms with Gasteiger partial charge in [-0.2, -0.15) is 0 Å². The molecule has 0 bridgehead atoms. The number of hydrogen-bond donors (Lipinski definition) is 5. The normalized spacial score (nSPS) is 11.2. The van der Waals surface area contributed by atoms with E-state index in [9.17, 15) is 39.3 Å². The Kier molecular flexibility index (Phi) is 11.7. The Labute approximate surface area is 281 Å². The number of nitrogens with zero attached hydrogens (tertiary/aromatic N) is 2. The zero-order valence-electron chi connectivity index (χ0n) is 24.9. The predicted molar refractivity (Wildman–Crippen MR) is 172 cm³/mol. The van der Waals surface area contributed by atoms with Gasteiger partial charge in [0.05, 0.1) is 42.0 Å². The molecule has 254 valence electrons. The minimum absolute atomic E-state index is 0.00467. The second-order valence-corrected chi connectivity index (χ2v) is 11.2. The largest absolute Gasteiger partial charge is 0.506 e. The summed E-state index contributed by atoms with van der Waals surface area (Å²) in [7, 11) is 0. The first-order valence-corrected chi connectivity index (χ1v) is 14.8. The Morgan fingerprint density at radius 2 is 1.42 bits per heavy atom. The highest BCUT2D eigenvalue weighted by molar-refractivity contribution is 6.33. The molecule has 0 unspecified atom stereocenters. The number of aromatic hydroxyl groups is 1. The number of ether oxygens (including phenoxy) is 2. The molecular weight excluding hydrogens is 679 g/mol. The molecule has 15 nitrogen and oxygen atoms in total. The number of halogens is 2. The molecule has 48 heavy (non-hydrogen) atoms. The average molecular weight is 707 g/mol. The van der Waals surface area contributed by atoms with Gasteiger partial charge in [0.1, 0.15) is 42.5 Å². The molecule has 0 saturated heterocycles. The van der Waals surface area contributed by atoms with Crippen LogP contribution in [0.15, 0.2) is 51.7 Å². The van der Waals surface area contributed by atoms with Crippen LogP contribution in [0.2, 0.25) is 10.0 Å². The summed E-state index contributed by atoms with van der Waals surface area (Å²) in [5.74, 6) is -5.12. The molecule has 0 saturated carbocycles. The third-order valence-electron chi connectivity index (χ3n) is 6.84. The predicted octanol–water partition coefficient (Wildman–Crippen LogP) is 3.42. The summed E-state index contributed by atoms with van der Waals surface area (Å²) in [5, 5.41) is 47.5. The van der Waals surface area contributed by atoms with Gasteiger partial charge >= 0.3 is 23.9 Å². The van der Waals surface area contributed by atoms with Gasteiger partial charge in [-0.25, -0.2) is 0 Å². The maximum Gasteiger partial charge on any atom is 0.323 e. The van der Waals surface area contributed by atoms with Crippen molar-refractivity contribution in [2.45, 2.75) is 0 Å². The van der Waals surface area contributed by atoms with Crippen LogP contribution in [-0.2, 0) is 23.9 Å². The van der Waals surface area contributed by atoms with E-state index in [4.69, 9.17) is 47.3 Å². The molecule has 1 heterocycles. The van der Waals surface area contributed by atoms with Crippen molar-refractivity contribution in [2.75, 3.05) is 57.4 Å². The van der Waals surface area contributed by atoms with Gasteiger partial charge in [0.2, 0.25) is 5.43 Å². The molecule has 2 aromatic rings. The SMILES string of the molecule is O=C(O)CN(CCOCCOc1cc(-c2c3cc(Cl)c(=O)cc-3oc3cc(O)c(Cl)cc23)ccc1N(CC(=O)O)CC(=O)O)CC(=O)O. The minimum Gasteiger partial charge on any atom is -0.506 e. The first-order chi connectivity index (χ1) is 22.7. The number of anilines is 1. The lowest BCUT2D eigenvalue weighted by molar-refractivity contribution is -0.142. The van der Waals surface area contributed by atoms with Gasteiger partial charge in [-0.1, -0.05) is 29.3 Å². The summed E-state index contributed by atoms with van der Waals surface area (Å²) < 4.78 is 17.4. The molecule has 0 fully saturated rings. The molecule has 0 spiro atoms. The Hall–Kier alpha value is -5.09. The highest BCUT2D eigenvalue weighted by atomic mass is 35.5. The van der Waals surface area contributed by atoms with Crippen LogP contribution in [0.25, 0.3) is 33.4 Å². The van der Waals surface area contributed by atoms with E-state index in [1.54, 1.807) is 6.07 Å². The summed E-state index contributed by atoms with van der Waals surface area (Å²) in [4.78, 5) is 59.9. The number of carboxylic acids is 4. The Balaban J connectivity index is 1.73. The number of fused-ring (bicyclic) bond motifs is 2. The van der Waals surface area contributed by atoms with E-state index in [-0.39, 0.29) is 64.9 Å². The van der Waals surface area contributed by atoms with Crippen LogP contribution >= 0.6 is 23.2 Å². The molecule has 0 aromatic heterocycles. The van der Waals surface area contributed by atoms with Crippen LogP contribution in [0.3, 0.4) is 0 Å². The number of rotatable bonds is 17. The quantitative estimate of drug-likeness (QED) is 0.0783. The maximum atomic E-state index is 12.4. The zero-order chi connectivity index (χ0) is 35.1. The Bertz CT molecular complexity index is 1860. The summed E-state index contributed by atoms with van der Waals surface area (Å²) in [5.41, 5.74) is 1.03. The van der Waals surface area contributed by atoms with Crippen LogP contribution < -0.4 is 15.1 Å². The molecular formula is C31H28Cl2N2O13. The molecule has 0 amide bonds. The van der Waals surface area contributed by atoms with Crippen molar-refractivity contribution in [3.8, 4) is 33.9 Å². The van der Waals surface area contributed by atoms with E-state index in [0.717, 1.165) is 9.80 Å². The average Bonchev–Trinajstić information content (AvgIpc) is 2.98.